The Hall–Kier alpha value is -2.57. The molecular formula is C17H14N2O3S. The smallest absolute Gasteiger partial charge is 0.244 e. The maximum Gasteiger partial charge on any atom is 0.244 e. The predicted octanol–water partition coefficient (Wildman–Crippen LogP) is 2.95. The van der Waals surface area contributed by atoms with Crippen LogP contribution < -0.4 is 10.0 Å². The second kappa shape index (κ2) is 4.97. The molecule has 1 heterocycles. The summed E-state index contributed by atoms with van der Waals surface area (Å²) in [6.45, 7) is 0. The highest BCUT2D eigenvalue weighted by Gasteiger charge is 2.29. The average molecular weight is 326 g/mol. The lowest BCUT2D eigenvalue weighted by Crippen LogP contribution is -2.38. The Bertz CT molecular complexity index is 1020. The Balaban J connectivity index is 1.79. The van der Waals surface area contributed by atoms with E-state index < -0.39 is 16.2 Å². The lowest BCUT2D eigenvalue weighted by Gasteiger charge is -2.28. The minimum absolute atomic E-state index is 0.204. The molecule has 0 fully saturated rings. The average Bonchev–Trinajstić information content (AvgIpc) is 2.53. The van der Waals surface area contributed by atoms with Crippen molar-refractivity contribution in [3.8, 4) is 5.75 Å². The zero-order valence-corrected chi connectivity index (χ0v) is 12.8. The molecule has 3 aromatic carbocycles. The van der Waals surface area contributed by atoms with Crippen LogP contribution in [0, 0.1) is 0 Å². The summed E-state index contributed by atoms with van der Waals surface area (Å²) in [5, 5.41) is 14.6. The molecule has 5 nitrogen and oxygen atoms in total. The van der Waals surface area contributed by atoms with Gasteiger partial charge in [0.2, 0.25) is 10.0 Å². The van der Waals surface area contributed by atoms with Gasteiger partial charge >= 0.3 is 0 Å². The van der Waals surface area contributed by atoms with Crippen LogP contribution in [0.15, 0.2) is 65.6 Å². The van der Waals surface area contributed by atoms with Crippen LogP contribution in [0.5, 0.6) is 5.75 Å². The van der Waals surface area contributed by atoms with E-state index in [0.29, 0.717) is 5.69 Å². The number of rotatable bonds is 1. The van der Waals surface area contributed by atoms with Crippen molar-refractivity contribution in [3.63, 3.8) is 0 Å². The van der Waals surface area contributed by atoms with Gasteiger partial charge in [0.15, 0.2) is 0 Å². The Kier molecular flexibility index (Phi) is 3.04. The molecule has 23 heavy (non-hydrogen) atoms. The maximum atomic E-state index is 12.4. The van der Waals surface area contributed by atoms with Gasteiger partial charge in [0.25, 0.3) is 0 Å². The first-order valence-electron chi connectivity index (χ1n) is 7.13. The molecule has 1 atom stereocenters. The monoisotopic (exact) mass is 326 g/mol. The van der Waals surface area contributed by atoms with Crippen molar-refractivity contribution >= 4 is 26.5 Å². The number of nitrogens with one attached hydrogen (secondary N) is 2. The fourth-order valence-electron chi connectivity index (χ4n) is 2.81. The van der Waals surface area contributed by atoms with Crippen LogP contribution in [-0.2, 0) is 10.0 Å². The van der Waals surface area contributed by atoms with E-state index in [0.717, 1.165) is 16.3 Å². The topological polar surface area (TPSA) is 78.4 Å². The van der Waals surface area contributed by atoms with Gasteiger partial charge in [-0.3, -0.25) is 0 Å². The van der Waals surface area contributed by atoms with Crippen LogP contribution >= 0.6 is 0 Å². The van der Waals surface area contributed by atoms with Gasteiger partial charge in [-0.2, -0.15) is 4.72 Å². The number of hydrogen-bond acceptors (Lipinski definition) is 4. The summed E-state index contributed by atoms with van der Waals surface area (Å²) < 4.78 is 27.4. The Labute approximate surface area is 133 Å². The van der Waals surface area contributed by atoms with Gasteiger partial charge in [-0.15, -0.1) is 0 Å². The predicted molar refractivity (Wildman–Crippen MR) is 88.7 cm³/mol. The molecule has 0 bridgehead atoms. The van der Waals surface area contributed by atoms with E-state index in [1.807, 2.05) is 18.2 Å². The number of aromatic hydroxyl groups is 1. The van der Waals surface area contributed by atoms with Gasteiger partial charge in [-0.05, 0) is 46.7 Å². The van der Waals surface area contributed by atoms with E-state index in [1.54, 1.807) is 42.5 Å². The highest BCUT2D eigenvalue weighted by molar-refractivity contribution is 7.89. The van der Waals surface area contributed by atoms with E-state index in [4.69, 9.17) is 0 Å². The summed E-state index contributed by atoms with van der Waals surface area (Å²) >= 11 is 0. The largest absolute Gasteiger partial charge is 0.508 e. The number of fused-ring (bicyclic) bond motifs is 2. The normalized spacial score (nSPS) is 19.0. The van der Waals surface area contributed by atoms with Crippen molar-refractivity contribution < 1.29 is 13.5 Å². The first-order chi connectivity index (χ1) is 11.0. The minimum Gasteiger partial charge on any atom is -0.508 e. The maximum absolute atomic E-state index is 12.4. The van der Waals surface area contributed by atoms with Gasteiger partial charge in [-0.25, -0.2) is 8.42 Å². The zero-order valence-electron chi connectivity index (χ0n) is 12.0. The highest BCUT2D eigenvalue weighted by atomic mass is 32.2. The lowest BCUT2D eigenvalue weighted by atomic mass is 10.0. The molecule has 3 N–H and O–H groups in total. The van der Waals surface area contributed by atoms with Crippen molar-refractivity contribution in [2.24, 2.45) is 0 Å². The molecule has 0 amide bonds. The minimum atomic E-state index is -3.55. The molecule has 0 aromatic heterocycles. The standard InChI is InChI=1S/C17H14N2O3S/c20-14-8-7-11-9-13(6-5-12(11)10-14)17-18-15-3-1-2-4-16(15)23(21,22)19-17/h1-10,17-20H. The van der Waals surface area contributed by atoms with E-state index >= 15 is 0 Å². The van der Waals surface area contributed by atoms with Crippen molar-refractivity contribution in [3.05, 3.63) is 66.2 Å². The summed E-state index contributed by atoms with van der Waals surface area (Å²) in [6.07, 6.45) is -0.534. The summed E-state index contributed by atoms with van der Waals surface area (Å²) in [5.74, 6) is 0.204. The molecular weight excluding hydrogens is 312 g/mol. The Morgan fingerprint density at radius 1 is 0.913 bits per heavy atom. The Morgan fingerprint density at radius 2 is 1.65 bits per heavy atom. The molecule has 4 rings (SSSR count). The molecule has 0 aliphatic carbocycles. The molecule has 1 aliphatic rings. The molecule has 6 heteroatoms. The molecule has 0 saturated heterocycles. The number of para-hydroxylation sites is 1. The first-order valence-corrected chi connectivity index (χ1v) is 8.62. The van der Waals surface area contributed by atoms with Gasteiger partial charge in [0.1, 0.15) is 16.8 Å². The number of sulfonamides is 1. The van der Waals surface area contributed by atoms with Crippen LogP contribution in [0.25, 0.3) is 10.8 Å². The summed E-state index contributed by atoms with van der Waals surface area (Å²) in [7, 11) is -3.55. The van der Waals surface area contributed by atoms with Gasteiger partial charge in [-0.1, -0.05) is 30.3 Å². The highest BCUT2D eigenvalue weighted by Crippen LogP contribution is 2.32. The second-order valence-electron chi connectivity index (χ2n) is 5.49. The van der Waals surface area contributed by atoms with Crippen LogP contribution in [0.3, 0.4) is 0 Å². The molecule has 116 valence electrons. The van der Waals surface area contributed by atoms with Gasteiger partial charge < -0.3 is 10.4 Å². The van der Waals surface area contributed by atoms with E-state index in [2.05, 4.69) is 10.0 Å². The summed E-state index contributed by atoms with van der Waals surface area (Å²) in [5.41, 5.74) is 1.39. The van der Waals surface area contributed by atoms with Crippen LogP contribution in [0.4, 0.5) is 5.69 Å². The van der Waals surface area contributed by atoms with Crippen molar-refractivity contribution in [1.29, 1.82) is 0 Å². The Morgan fingerprint density at radius 3 is 2.52 bits per heavy atom. The third-order valence-corrected chi connectivity index (χ3v) is 5.41. The SMILES string of the molecule is O=S1(=O)NC(c2ccc3cc(O)ccc3c2)Nc2ccccc21. The summed E-state index contributed by atoms with van der Waals surface area (Å²) in [4.78, 5) is 0.252. The first kappa shape index (κ1) is 14.0. The van der Waals surface area contributed by atoms with Crippen LogP contribution in [0.2, 0.25) is 0 Å². The summed E-state index contributed by atoms with van der Waals surface area (Å²) in [6, 6.07) is 17.5. The zero-order chi connectivity index (χ0) is 16.0. The number of benzene rings is 3. The fourth-order valence-corrected chi connectivity index (χ4v) is 4.11. The van der Waals surface area contributed by atoms with Crippen molar-refractivity contribution in [1.82, 2.24) is 4.72 Å². The van der Waals surface area contributed by atoms with Crippen LogP contribution in [0.1, 0.15) is 11.7 Å². The van der Waals surface area contributed by atoms with Gasteiger partial charge in [0.05, 0.1) is 5.69 Å². The van der Waals surface area contributed by atoms with E-state index in [-0.39, 0.29) is 10.6 Å². The molecule has 3 aromatic rings. The van der Waals surface area contributed by atoms with Crippen LogP contribution in [-0.4, -0.2) is 13.5 Å². The fraction of sp³-hybridized carbons (Fsp3) is 0.0588. The third-order valence-electron chi connectivity index (χ3n) is 3.93. The lowest BCUT2D eigenvalue weighted by molar-refractivity contribution is 0.476. The molecule has 1 unspecified atom stereocenters. The van der Waals surface area contributed by atoms with E-state index in [1.165, 1.54) is 0 Å². The number of anilines is 1. The van der Waals surface area contributed by atoms with Crippen molar-refractivity contribution in [2.45, 2.75) is 11.1 Å². The van der Waals surface area contributed by atoms with Crippen molar-refractivity contribution in [2.75, 3.05) is 5.32 Å². The third kappa shape index (κ3) is 2.42. The molecule has 1 aliphatic heterocycles. The molecule has 0 radical (unpaired) electrons. The number of phenolic OH excluding ortho intramolecular Hbond substituents is 1. The molecule has 0 spiro atoms. The quantitative estimate of drug-likeness (QED) is 0.642. The molecule has 0 saturated carbocycles. The number of phenols is 1. The number of hydrogen-bond donors (Lipinski definition) is 3. The second-order valence-corrected chi connectivity index (χ2v) is 7.17. The van der Waals surface area contributed by atoms with E-state index in [9.17, 15) is 13.5 Å². The van der Waals surface area contributed by atoms with Gasteiger partial charge in [0, 0.05) is 0 Å².